The fraction of sp³-hybridized carbons (Fsp3) is 0.286. The molecule has 0 spiro atoms. The molecule has 1 N–H and O–H groups in total. The number of ether oxygens (including phenoxy) is 2. The maximum atomic E-state index is 11.0. The third kappa shape index (κ3) is 1.99. The van der Waals surface area contributed by atoms with Gasteiger partial charge >= 0.3 is 5.97 Å². The van der Waals surface area contributed by atoms with Gasteiger partial charge in [-0.15, -0.1) is 0 Å². The second-order valence-electron chi connectivity index (χ2n) is 4.68. The van der Waals surface area contributed by atoms with Gasteiger partial charge in [0, 0.05) is 12.6 Å². The van der Waals surface area contributed by atoms with Gasteiger partial charge < -0.3 is 14.6 Å². The lowest BCUT2D eigenvalue weighted by molar-refractivity contribution is 0.0689. The summed E-state index contributed by atoms with van der Waals surface area (Å²) in [5.41, 5.74) is 2.51. The van der Waals surface area contributed by atoms with E-state index < -0.39 is 5.97 Å². The lowest BCUT2D eigenvalue weighted by Gasteiger charge is -2.21. The zero-order valence-corrected chi connectivity index (χ0v) is 11.2. The van der Waals surface area contributed by atoms with Gasteiger partial charge in [0.05, 0.1) is 5.69 Å². The minimum absolute atomic E-state index is 0.00878. The van der Waals surface area contributed by atoms with Gasteiger partial charge in [-0.1, -0.05) is 0 Å². The molecule has 0 saturated carbocycles. The molecule has 2 heterocycles. The number of aryl methyl sites for hydroxylation is 2. The van der Waals surface area contributed by atoms with E-state index >= 15 is 0 Å². The Balaban J connectivity index is 2.19. The quantitative estimate of drug-likeness (QED) is 0.904. The molecule has 0 fully saturated rings. The van der Waals surface area contributed by atoms with E-state index in [9.17, 15) is 4.79 Å². The first kappa shape index (κ1) is 12.5. The zero-order valence-electron chi connectivity index (χ0n) is 11.2. The van der Waals surface area contributed by atoms with Crippen LogP contribution in [0.25, 0.3) is 11.3 Å². The van der Waals surface area contributed by atoms with E-state index in [-0.39, 0.29) is 5.69 Å². The van der Waals surface area contributed by atoms with Gasteiger partial charge in [-0.25, -0.2) is 4.79 Å². The number of nitrogens with zero attached hydrogens (tertiary/aromatic N) is 2. The van der Waals surface area contributed by atoms with Crippen LogP contribution in [0.3, 0.4) is 0 Å². The lowest BCUT2D eigenvalue weighted by atomic mass is 10.1. The summed E-state index contributed by atoms with van der Waals surface area (Å²) in [5.74, 6) is 0.275. The Labute approximate surface area is 115 Å². The summed E-state index contributed by atoms with van der Waals surface area (Å²) in [4.78, 5) is 11.0. The molecule has 1 aliphatic rings. The van der Waals surface area contributed by atoms with E-state index in [2.05, 4.69) is 5.10 Å². The van der Waals surface area contributed by atoms with Gasteiger partial charge in [0.15, 0.2) is 17.2 Å². The molecule has 1 aromatic carbocycles. The van der Waals surface area contributed by atoms with Crippen LogP contribution in [0.15, 0.2) is 18.2 Å². The topological polar surface area (TPSA) is 73.6 Å². The first-order valence-corrected chi connectivity index (χ1v) is 6.24. The van der Waals surface area contributed by atoms with Crippen LogP contribution in [0.4, 0.5) is 0 Å². The highest BCUT2D eigenvalue weighted by Gasteiger charge is 2.21. The first-order valence-electron chi connectivity index (χ1n) is 6.24. The van der Waals surface area contributed by atoms with Crippen molar-refractivity contribution in [3.05, 3.63) is 29.5 Å². The van der Waals surface area contributed by atoms with Gasteiger partial charge in [0.2, 0.25) is 0 Å². The van der Waals surface area contributed by atoms with E-state index in [4.69, 9.17) is 14.6 Å². The van der Waals surface area contributed by atoms with E-state index in [1.807, 2.05) is 19.1 Å². The lowest BCUT2D eigenvalue weighted by Crippen LogP contribution is -2.16. The highest BCUT2D eigenvalue weighted by molar-refractivity contribution is 5.87. The summed E-state index contributed by atoms with van der Waals surface area (Å²) in [6, 6.07) is 5.39. The van der Waals surface area contributed by atoms with Gasteiger partial charge in [-0.2, -0.15) is 5.10 Å². The predicted octanol–water partition coefficient (Wildman–Crippen LogP) is 1.86. The molecule has 6 nitrogen and oxygen atoms in total. The molecule has 0 bridgehead atoms. The fourth-order valence-electron chi connectivity index (χ4n) is 2.31. The smallest absolute Gasteiger partial charge is 0.356 e. The van der Waals surface area contributed by atoms with Crippen LogP contribution >= 0.6 is 0 Å². The number of aromatic carboxylic acids is 1. The maximum absolute atomic E-state index is 11.0. The number of hydrogen-bond donors (Lipinski definition) is 1. The monoisotopic (exact) mass is 274 g/mol. The predicted molar refractivity (Wildman–Crippen MR) is 71.3 cm³/mol. The summed E-state index contributed by atoms with van der Waals surface area (Å²) < 4.78 is 12.8. The molecule has 20 heavy (non-hydrogen) atoms. The summed E-state index contributed by atoms with van der Waals surface area (Å²) >= 11 is 0. The van der Waals surface area contributed by atoms with E-state index in [0.717, 1.165) is 11.1 Å². The van der Waals surface area contributed by atoms with Crippen LogP contribution in [0.5, 0.6) is 11.5 Å². The summed E-state index contributed by atoms with van der Waals surface area (Å²) in [5, 5.41) is 13.0. The second kappa shape index (κ2) is 4.56. The number of aromatic nitrogens is 2. The van der Waals surface area contributed by atoms with Crippen molar-refractivity contribution in [1.29, 1.82) is 0 Å². The summed E-state index contributed by atoms with van der Waals surface area (Å²) in [6.45, 7) is 2.95. The molecule has 1 aliphatic heterocycles. The minimum atomic E-state index is -1.05. The molecule has 0 radical (unpaired) electrons. The number of benzene rings is 1. The van der Waals surface area contributed by atoms with E-state index in [0.29, 0.717) is 30.4 Å². The number of carbonyl (C=O) groups is 1. The number of hydrogen-bond acceptors (Lipinski definition) is 4. The van der Waals surface area contributed by atoms with Crippen molar-refractivity contribution in [2.75, 3.05) is 13.2 Å². The van der Waals surface area contributed by atoms with E-state index in [1.165, 1.54) is 10.7 Å². The molecule has 0 amide bonds. The fourth-order valence-corrected chi connectivity index (χ4v) is 2.31. The van der Waals surface area contributed by atoms with Gasteiger partial charge in [0.1, 0.15) is 13.2 Å². The second-order valence-corrected chi connectivity index (χ2v) is 4.68. The Hall–Kier alpha value is -2.50. The number of fused-ring (bicyclic) bond motifs is 1. The molecule has 0 aliphatic carbocycles. The normalized spacial score (nSPS) is 13.3. The van der Waals surface area contributed by atoms with Crippen molar-refractivity contribution in [2.24, 2.45) is 7.05 Å². The average Bonchev–Trinajstić information content (AvgIpc) is 2.80. The summed E-state index contributed by atoms with van der Waals surface area (Å²) in [6.07, 6.45) is 0. The first-order chi connectivity index (χ1) is 9.56. The zero-order chi connectivity index (χ0) is 14.3. The van der Waals surface area contributed by atoms with Crippen LogP contribution < -0.4 is 9.47 Å². The Morgan fingerprint density at radius 3 is 2.75 bits per heavy atom. The maximum Gasteiger partial charge on any atom is 0.356 e. The van der Waals surface area contributed by atoms with Crippen LogP contribution in [0, 0.1) is 6.92 Å². The van der Waals surface area contributed by atoms with Crippen molar-refractivity contribution >= 4 is 5.97 Å². The van der Waals surface area contributed by atoms with E-state index in [1.54, 1.807) is 7.05 Å². The third-order valence-electron chi connectivity index (χ3n) is 3.16. The number of carboxylic acids is 1. The van der Waals surface area contributed by atoms with Gasteiger partial charge in [0.25, 0.3) is 0 Å². The van der Waals surface area contributed by atoms with Crippen molar-refractivity contribution in [3.8, 4) is 22.8 Å². The molecule has 2 aromatic rings. The average molecular weight is 274 g/mol. The van der Waals surface area contributed by atoms with Crippen molar-refractivity contribution in [2.45, 2.75) is 6.92 Å². The molecule has 104 valence electrons. The Bertz CT molecular complexity index is 691. The molecule has 6 heteroatoms. The third-order valence-corrected chi connectivity index (χ3v) is 3.16. The van der Waals surface area contributed by atoms with Crippen molar-refractivity contribution in [1.82, 2.24) is 9.78 Å². The SMILES string of the molecule is Cc1cc2c(c(-c3cc(C(=O)O)nn3C)c1)OCCO2. The largest absolute Gasteiger partial charge is 0.486 e. The molecular formula is C14H14N2O4. The Morgan fingerprint density at radius 1 is 1.30 bits per heavy atom. The van der Waals surface area contributed by atoms with Crippen LogP contribution in [-0.4, -0.2) is 34.1 Å². The number of carboxylic acid groups (broad SMARTS) is 1. The van der Waals surface area contributed by atoms with Crippen LogP contribution in [0.2, 0.25) is 0 Å². The number of rotatable bonds is 2. The molecule has 0 saturated heterocycles. The minimum Gasteiger partial charge on any atom is -0.486 e. The summed E-state index contributed by atoms with van der Waals surface area (Å²) in [7, 11) is 1.71. The molecular weight excluding hydrogens is 260 g/mol. The molecule has 0 atom stereocenters. The molecule has 1 aromatic heterocycles. The van der Waals surface area contributed by atoms with Crippen LogP contribution in [-0.2, 0) is 7.05 Å². The standard InChI is InChI=1S/C14H14N2O4/c1-8-5-9(13-12(6-8)19-3-4-20-13)11-7-10(14(17)18)15-16(11)2/h5-7H,3-4H2,1-2H3,(H,17,18). The highest BCUT2D eigenvalue weighted by Crippen LogP contribution is 2.41. The molecule has 3 rings (SSSR count). The highest BCUT2D eigenvalue weighted by atomic mass is 16.6. The van der Waals surface area contributed by atoms with Gasteiger partial charge in [-0.3, -0.25) is 4.68 Å². The van der Waals surface area contributed by atoms with Gasteiger partial charge in [-0.05, 0) is 30.7 Å². The molecule has 0 unspecified atom stereocenters. The van der Waals surface area contributed by atoms with Crippen molar-refractivity contribution in [3.63, 3.8) is 0 Å². The van der Waals surface area contributed by atoms with Crippen LogP contribution in [0.1, 0.15) is 16.1 Å². The Morgan fingerprint density at radius 2 is 2.05 bits per heavy atom. The Kier molecular flexibility index (Phi) is 2.85. The van der Waals surface area contributed by atoms with Crippen molar-refractivity contribution < 1.29 is 19.4 Å².